The number of nitrogens with one attached hydrogen (secondary N) is 1. The van der Waals surface area contributed by atoms with Crippen LogP contribution in [0.4, 0.5) is 5.69 Å². The number of aromatic nitrogens is 2. The third-order valence-corrected chi connectivity index (χ3v) is 4.68. The molecule has 0 saturated heterocycles. The Morgan fingerprint density at radius 3 is 2.95 bits per heavy atom. The van der Waals surface area contributed by atoms with E-state index in [1.807, 2.05) is 24.5 Å². The molecule has 1 saturated carbocycles. The van der Waals surface area contributed by atoms with Crippen LogP contribution in [0.25, 0.3) is 11.0 Å². The molecule has 4 heteroatoms. The molecule has 2 aromatic heterocycles. The molecule has 0 aliphatic heterocycles. The molecule has 0 spiro atoms. The summed E-state index contributed by atoms with van der Waals surface area (Å²) in [6, 6.07) is 4.61. The molecule has 0 amide bonds. The molecule has 0 radical (unpaired) electrons. The van der Waals surface area contributed by atoms with Crippen LogP contribution in [-0.4, -0.2) is 16.0 Å². The quantitative estimate of drug-likeness (QED) is 0.804. The summed E-state index contributed by atoms with van der Waals surface area (Å²) in [4.78, 5) is 8.92. The second kappa shape index (κ2) is 6.08. The van der Waals surface area contributed by atoms with Crippen LogP contribution in [0.1, 0.15) is 39.0 Å². The van der Waals surface area contributed by atoms with Gasteiger partial charge < -0.3 is 5.32 Å². The van der Waals surface area contributed by atoms with Gasteiger partial charge in [-0.25, -0.2) is 0 Å². The van der Waals surface area contributed by atoms with E-state index in [1.54, 1.807) is 0 Å². The molecule has 20 heavy (non-hydrogen) atoms. The molecule has 2 aromatic rings. The molecule has 0 bridgehead atoms. The molecule has 106 valence electrons. The first-order valence-electron chi connectivity index (χ1n) is 7.41. The average molecular weight is 334 g/mol. The molecule has 2 heterocycles. The van der Waals surface area contributed by atoms with Crippen molar-refractivity contribution in [2.24, 2.45) is 5.92 Å². The first kappa shape index (κ1) is 13.8. The highest BCUT2D eigenvalue weighted by molar-refractivity contribution is 9.10. The Morgan fingerprint density at radius 2 is 2.05 bits per heavy atom. The zero-order valence-electron chi connectivity index (χ0n) is 11.8. The smallest absolute Gasteiger partial charge is 0.112 e. The largest absolute Gasteiger partial charge is 0.380 e. The van der Waals surface area contributed by atoms with Crippen LogP contribution in [0, 0.1) is 5.92 Å². The zero-order chi connectivity index (χ0) is 13.9. The van der Waals surface area contributed by atoms with Gasteiger partial charge in [-0.2, -0.15) is 0 Å². The van der Waals surface area contributed by atoms with Crippen LogP contribution in [0.3, 0.4) is 0 Å². The number of hydrogen-bond acceptors (Lipinski definition) is 3. The fraction of sp³-hybridized carbons (Fsp3) is 0.500. The summed E-state index contributed by atoms with van der Waals surface area (Å²) in [5.41, 5.74) is 3.01. The van der Waals surface area contributed by atoms with Gasteiger partial charge in [-0.05, 0) is 46.8 Å². The lowest BCUT2D eigenvalue weighted by Gasteiger charge is -2.24. The lowest BCUT2D eigenvalue weighted by molar-refractivity contribution is 0.457. The molecular weight excluding hydrogens is 314 g/mol. The number of nitrogens with zero attached hydrogens (tertiary/aromatic N) is 2. The monoisotopic (exact) mass is 333 g/mol. The summed E-state index contributed by atoms with van der Waals surface area (Å²) >= 11 is 3.45. The average Bonchev–Trinajstić information content (AvgIpc) is 2.64. The fourth-order valence-electron chi connectivity index (χ4n) is 3.03. The van der Waals surface area contributed by atoms with Crippen LogP contribution < -0.4 is 5.32 Å². The van der Waals surface area contributed by atoms with Crippen LogP contribution >= 0.6 is 15.9 Å². The van der Waals surface area contributed by atoms with E-state index in [4.69, 9.17) is 0 Å². The van der Waals surface area contributed by atoms with Gasteiger partial charge in [0.05, 0.1) is 11.2 Å². The predicted octanol–water partition coefficient (Wildman–Crippen LogP) is 4.77. The minimum atomic E-state index is 0.550. The van der Waals surface area contributed by atoms with Crippen molar-refractivity contribution in [3.05, 3.63) is 29.0 Å². The first-order chi connectivity index (χ1) is 9.74. The van der Waals surface area contributed by atoms with E-state index >= 15 is 0 Å². The van der Waals surface area contributed by atoms with Gasteiger partial charge in [-0.3, -0.25) is 9.97 Å². The van der Waals surface area contributed by atoms with Crippen LogP contribution in [-0.2, 0) is 0 Å². The van der Waals surface area contributed by atoms with Crippen LogP contribution in [0.2, 0.25) is 0 Å². The fourth-order valence-corrected chi connectivity index (χ4v) is 3.35. The number of hydrogen-bond donors (Lipinski definition) is 1. The third-order valence-electron chi connectivity index (χ3n) is 4.25. The van der Waals surface area contributed by atoms with Crippen molar-refractivity contribution in [2.75, 3.05) is 5.32 Å². The number of halogens is 1. The van der Waals surface area contributed by atoms with E-state index in [1.165, 1.54) is 32.1 Å². The Labute approximate surface area is 128 Å². The molecule has 0 aromatic carbocycles. The van der Waals surface area contributed by atoms with Gasteiger partial charge in [-0.15, -0.1) is 0 Å². The highest BCUT2D eigenvalue weighted by atomic mass is 79.9. The van der Waals surface area contributed by atoms with Gasteiger partial charge in [0.1, 0.15) is 5.52 Å². The Bertz CT molecular complexity index is 599. The lowest BCUT2D eigenvalue weighted by Crippen LogP contribution is -2.26. The molecular formula is C16H20BrN3. The summed E-state index contributed by atoms with van der Waals surface area (Å²) in [5.74, 6) is 0.719. The van der Waals surface area contributed by atoms with Gasteiger partial charge in [-0.1, -0.05) is 26.2 Å². The van der Waals surface area contributed by atoms with E-state index in [0.29, 0.717) is 6.04 Å². The SMILES string of the molecule is CC1CCCCCC1Nc1ccnc2cc(Br)cnc12. The number of fused-ring (bicyclic) bond motifs is 1. The Kier molecular flexibility index (Phi) is 4.20. The van der Waals surface area contributed by atoms with Crippen molar-refractivity contribution in [1.82, 2.24) is 9.97 Å². The molecule has 1 fully saturated rings. The third kappa shape index (κ3) is 2.95. The molecule has 2 unspecified atom stereocenters. The minimum Gasteiger partial charge on any atom is -0.380 e. The maximum atomic E-state index is 4.52. The zero-order valence-corrected chi connectivity index (χ0v) is 13.4. The van der Waals surface area contributed by atoms with Crippen molar-refractivity contribution in [3.63, 3.8) is 0 Å². The number of anilines is 1. The summed E-state index contributed by atoms with van der Waals surface area (Å²) in [6.07, 6.45) is 10.3. The topological polar surface area (TPSA) is 37.8 Å². The van der Waals surface area contributed by atoms with Crippen molar-refractivity contribution in [2.45, 2.75) is 45.1 Å². The van der Waals surface area contributed by atoms with E-state index in [0.717, 1.165) is 27.1 Å². The van der Waals surface area contributed by atoms with Gasteiger partial charge >= 0.3 is 0 Å². The van der Waals surface area contributed by atoms with Gasteiger partial charge in [0.15, 0.2) is 0 Å². The Balaban J connectivity index is 1.90. The highest BCUT2D eigenvalue weighted by Crippen LogP contribution is 2.28. The second-order valence-electron chi connectivity index (χ2n) is 5.75. The Hall–Kier alpha value is -1.16. The van der Waals surface area contributed by atoms with E-state index in [9.17, 15) is 0 Å². The Morgan fingerprint density at radius 1 is 1.20 bits per heavy atom. The standard InChI is InChI=1S/C16H20BrN3/c1-11-5-3-2-4-6-13(11)20-14-7-8-18-15-9-12(17)10-19-16(14)15/h7-11,13H,2-6H2,1H3,(H,18,20). The molecule has 1 N–H and O–H groups in total. The molecule has 2 atom stereocenters. The van der Waals surface area contributed by atoms with Crippen molar-refractivity contribution in [1.29, 1.82) is 0 Å². The number of rotatable bonds is 2. The molecule has 3 rings (SSSR count). The van der Waals surface area contributed by atoms with Crippen LogP contribution in [0.5, 0.6) is 0 Å². The van der Waals surface area contributed by atoms with Gasteiger partial charge in [0, 0.05) is 22.9 Å². The molecule has 1 aliphatic rings. The van der Waals surface area contributed by atoms with Crippen molar-refractivity contribution < 1.29 is 0 Å². The van der Waals surface area contributed by atoms with Crippen molar-refractivity contribution >= 4 is 32.7 Å². The van der Waals surface area contributed by atoms with Crippen LogP contribution in [0.15, 0.2) is 29.0 Å². The maximum Gasteiger partial charge on any atom is 0.112 e. The van der Waals surface area contributed by atoms with E-state index in [-0.39, 0.29) is 0 Å². The van der Waals surface area contributed by atoms with Crippen molar-refractivity contribution in [3.8, 4) is 0 Å². The minimum absolute atomic E-state index is 0.550. The highest BCUT2D eigenvalue weighted by Gasteiger charge is 2.20. The summed E-state index contributed by atoms with van der Waals surface area (Å²) < 4.78 is 0.970. The summed E-state index contributed by atoms with van der Waals surface area (Å²) in [6.45, 7) is 2.36. The molecule has 3 nitrogen and oxygen atoms in total. The first-order valence-corrected chi connectivity index (χ1v) is 8.20. The second-order valence-corrected chi connectivity index (χ2v) is 6.66. The molecule has 1 aliphatic carbocycles. The maximum absolute atomic E-state index is 4.52. The summed E-state index contributed by atoms with van der Waals surface area (Å²) in [5, 5.41) is 3.72. The lowest BCUT2D eigenvalue weighted by atomic mass is 9.96. The van der Waals surface area contributed by atoms with E-state index in [2.05, 4.69) is 38.1 Å². The predicted molar refractivity (Wildman–Crippen MR) is 86.9 cm³/mol. The number of pyridine rings is 2. The van der Waals surface area contributed by atoms with Gasteiger partial charge in [0.2, 0.25) is 0 Å². The summed E-state index contributed by atoms with van der Waals surface area (Å²) in [7, 11) is 0. The van der Waals surface area contributed by atoms with Gasteiger partial charge in [0.25, 0.3) is 0 Å². The normalized spacial score (nSPS) is 23.5. The van der Waals surface area contributed by atoms with E-state index < -0.39 is 0 Å².